The van der Waals surface area contributed by atoms with E-state index >= 15 is 0 Å². The fourth-order valence-electron chi connectivity index (χ4n) is 4.50. The van der Waals surface area contributed by atoms with Gasteiger partial charge in [-0.1, -0.05) is 93.6 Å². The van der Waals surface area contributed by atoms with Crippen LogP contribution in [0.25, 0.3) is 0 Å². The van der Waals surface area contributed by atoms with Crippen molar-refractivity contribution in [3.63, 3.8) is 0 Å². The number of aliphatic hydroxyl groups is 2. The van der Waals surface area contributed by atoms with Crippen LogP contribution in [0.5, 0.6) is 5.75 Å². The molecule has 0 fully saturated rings. The van der Waals surface area contributed by atoms with Gasteiger partial charge in [0.2, 0.25) is 0 Å². The highest BCUT2D eigenvalue weighted by atomic mass is 28.4. The van der Waals surface area contributed by atoms with Crippen LogP contribution in [0.4, 0.5) is 0 Å². The molecule has 0 heterocycles. The molecule has 3 aromatic rings. The molecule has 0 spiro atoms. The molecule has 0 amide bonds. The maximum atomic E-state index is 10.4. The monoisotopic (exact) mass is 464 g/mol. The van der Waals surface area contributed by atoms with Crippen molar-refractivity contribution in [3.8, 4) is 5.75 Å². The highest BCUT2D eigenvalue weighted by Gasteiger charge is 2.51. The van der Waals surface area contributed by atoms with Crippen molar-refractivity contribution in [1.82, 2.24) is 0 Å². The van der Waals surface area contributed by atoms with Crippen molar-refractivity contribution in [2.75, 3.05) is 26.9 Å². The summed E-state index contributed by atoms with van der Waals surface area (Å²) in [6.45, 7) is 6.58. The zero-order valence-corrected chi connectivity index (χ0v) is 21.1. The quantitative estimate of drug-likeness (QED) is 0.448. The Labute approximate surface area is 199 Å². The van der Waals surface area contributed by atoms with Crippen LogP contribution in [-0.2, 0) is 10.8 Å². The largest absolute Gasteiger partial charge is 0.497 e. The molecule has 0 unspecified atom stereocenters. The second kappa shape index (κ2) is 10.7. The molecule has 4 nitrogen and oxygen atoms in total. The van der Waals surface area contributed by atoms with Gasteiger partial charge in [0.25, 0.3) is 8.32 Å². The van der Waals surface area contributed by atoms with E-state index in [2.05, 4.69) is 69.3 Å². The molecule has 0 aliphatic heterocycles. The highest BCUT2D eigenvalue weighted by molar-refractivity contribution is 6.99. The Balaban J connectivity index is 2.02. The standard InChI is InChI=1S/C28H36O4Si/c1-27(2,3)33(25-11-7-5-8-12-25,26-13-9-6-10-14-26)32-22-28(20-29,21-30)19-23-15-17-24(31-4)18-16-23/h5-18,29-30H,19-22H2,1-4H3. The minimum atomic E-state index is -2.77. The summed E-state index contributed by atoms with van der Waals surface area (Å²) >= 11 is 0. The summed E-state index contributed by atoms with van der Waals surface area (Å²) in [6, 6.07) is 28.6. The average molecular weight is 465 g/mol. The van der Waals surface area contributed by atoms with Crippen molar-refractivity contribution in [2.24, 2.45) is 5.41 Å². The molecule has 0 saturated heterocycles. The van der Waals surface area contributed by atoms with E-state index in [0.717, 1.165) is 11.3 Å². The summed E-state index contributed by atoms with van der Waals surface area (Å²) in [5, 5.41) is 23.0. The number of methoxy groups -OCH3 is 1. The van der Waals surface area contributed by atoms with Crippen molar-refractivity contribution in [3.05, 3.63) is 90.5 Å². The summed E-state index contributed by atoms with van der Waals surface area (Å²) in [5.74, 6) is 0.779. The Morgan fingerprint density at radius 3 is 1.61 bits per heavy atom. The predicted octanol–water partition coefficient (Wildman–Crippen LogP) is 3.79. The fraction of sp³-hybridized carbons (Fsp3) is 0.357. The van der Waals surface area contributed by atoms with Crippen LogP contribution in [0.3, 0.4) is 0 Å². The van der Waals surface area contributed by atoms with Gasteiger partial charge in [0.05, 0.1) is 20.3 Å². The number of benzene rings is 3. The molecular formula is C28H36O4Si. The van der Waals surface area contributed by atoms with Gasteiger partial charge in [-0.3, -0.25) is 0 Å². The molecule has 2 N–H and O–H groups in total. The maximum Gasteiger partial charge on any atom is 0.261 e. The molecule has 5 heteroatoms. The van der Waals surface area contributed by atoms with Crippen LogP contribution < -0.4 is 15.1 Å². The zero-order chi connectivity index (χ0) is 24.0. The van der Waals surface area contributed by atoms with E-state index in [4.69, 9.17) is 9.16 Å². The lowest BCUT2D eigenvalue weighted by molar-refractivity contribution is 0.0113. The summed E-state index contributed by atoms with van der Waals surface area (Å²) in [7, 11) is -1.13. The summed E-state index contributed by atoms with van der Waals surface area (Å²) in [6.07, 6.45) is 0.502. The van der Waals surface area contributed by atoms with Crippen molar-refractivity contribution >= 4 is 18.7 Å². The van der Waals surface area contributed by atoms with Gasteiger partial charge in [0.15, 0.2) is 0 Å². The molecule has 0 saturated carbocycles. The molecular weight excluding hydrogens is 428 g/mol. The Bertz CT molecular complexity index is 938. The normalized spacial score (nSPS) is 12.5. The van der Waals surface area contributed by atoms with Crippen LogP contribution in [0.15, 0.2) is 84.9 Å². The van der Waals surface area contributed by atoms with Crippen LogP contribution in [0.1, 0.15) is 26.3 Å². The number of hydrogen-bond acceptors (Lipinski definition) is 4. The van der Waals surface area contributed by atoms with E-state index in [-0.39, 0.29) is 24.9 Å². The first-order valence-corrected chi connectivity index (χ1v) is 13.3. The molecule has 0 aromatic heterocycles. The lowest BCUT2D eigenvalue weighted by Gasteiger charge is -2.45. The second-order valence-electron chi connectivity index (χ2n) is 9.79. The summed E-state index contributed by atoms with van der Waals surface area (Å²) in [5.41, 5.74) is 0.215. The molecule has 3 aromatic carbocycles. The predicted molar refractivity (Wildman–Crippen MR) is 137 cm³/mol. The Morgan fingerprint density at radius 2 is 1.21 bits per heavy atom. The lowest BCUT2D eigenvalue weighted by Crippen LogP contribution is -2.67. The van der Waals surface area contributed by atoms with Crippen LogP contribution in [0.2, 0.25) is 5.04 Å². The highest BCUT2D eigenvalue weighted by Crippen LogP contribution is 2.38. The molecule has 33 heavy (non-hydrogen) atoms. The van der Waals surface area contributed by atoms with Gasteiger partial charge in [-0.15, -0.1) is 0 Å². The van der Waals surface area contributed by atoms with E-state index in [1.807, 2.05) is 36.4 Å². The van der Waals surface area contributed by atoms with Crippen molar-refractivity contribution in [1.29, 1.82) is 0 Å². The molecule has 0 radical (unpaired) electrons. The summed E-state index contributed by atoms with van der Waals surface area (Å²) in [4.78, 5) is 0. The molecule has 0 aliphatic carbocycles. The molecule has 0 bridgehead atoms. The third-order valence-corrected chi connectivity index (χ3v) is 11.4. The van der Waals surface area contributed by atoms with E-state index in [9.17, 15) is 10.2 Å². The van der Waals surface area contributed by atoms with Gasteiger partial charge in [0.1, 0.15) is 5.75 Å². The maximum absolute atomic E-state index is 10.4. The molecule has 0 atom stereocenters. The van der Waals surface area contributed by atoms with E-state index in [0.29, 0.717) is 6.42 Å². The van der Waals surface area contributed by atoms with Crippen LogP contribution >= 0.6 is 0 Å². The van der Waals surface area contributed by atoms with Crippen LogP contribution in [0, 0.1) is 5.41 Å². The Morgan fingerprint density at radius 1 is 0.727 bits per heavy atom. The van der Waals surface area contributed by atoms with Gasteiger partial charge in [0, 0.05) is 12.0 Å². The van der Waals surface area contributed by atoms with Crippen molar-refractivity contribution < 1.29 is 19.4 Å². The van der Waals surface area contributed by atoms with E-state index < -0.39 is 13.7 Å². The first-order chi connectivity index (χ1) is 15.8. The lowest BCUT2D eigenvalue weighted by atomic mass is 9.84. The van der Waals surface area contributed by atoms with Gasteiger partial charge in [-0.25, -0.2) is 0 Å². The van der Waals surface area contributed by atoms with Gasteiger partial charge >= 0.3 is 0 Å². The molecule has 176 valence electrons. The number of aliphatic hydroxyl groups excluding tert-OH is 2. The molecule has 3 rings (SSSR count). The van der Waals surface area contributed by atoms with Crippen molar-refractivity contribution in [2.45, 2.75) is 32.2 Å². The van der Waals surface area contributed by atoms with E-state index in [1.54, 1.807) is 7.11 Å². The fourth-order valence-corrected chi connectivity index (χ4v) is 9.18. The topological polar surface area (TPSA) is 58.9 Å². The minimum Gasteiger partial charge on any atom is -0.497 e. The van der Waals surface area contributed by atoms with Gasteiger partial charge in [-0.2, -0.15) is 0 Å². The Kier molecular flexibility index (Phi) is 8.13. The average Bonchev–Trinajstić information content (AvgIpc) is 2.84. The van der Waals surface area contributed by atoms with Crippen LogP contribution in [-0.4, -0.2) is 45.5 Å². The molecule has 0 aliphatic rings. The van der Waals surface area contributed by atoms with Gasteiger partial charge < -0.3 is 19.4 Å². The zero-order valence-electron chi connectivity index (χ0n) is 20.1. The number of ether oxygens (including phenoxy) is 1. The summed E-state index contributed by atoms with van der Waals surface area (Å²) < 4.78 is 12.3. The SMILES string of the molecule is COc1ccc(CC(CO)(CO)CO[Si](c2ccccc2)(c2ccccc2)C(C)(C)C)cc1. The third-order valence-electron chi connectivity index (χ3n) is 6.42. The Hall–Kier alpha value is -2.44. The smallest absolute Gasteiger partial charge is 0.261 e. The number of rotatable bonds is 10. The first kappa shape index (κ1) is 25.2. The first-order valence-electron chi connectivity index (χ1n) is 11.4. The van der Waals surface area contributed by atoms with E-state index in [1.165, 1.54) is 10.4 Å². The minimum absolute atomic E-state index is 0.173. The third kappa shape index (κ3) is 5.39. The number of hydrogen-bond donors (Lipinski definition) is 2. The van der Waals surface area contributed by atoms with Gasteiger partial charge in [-0.05, 0) is 39.5 Å². The second-order valence-corrected chi connectivity index (χ2v) is 14.1.